The lowest BCUT2D eigenvalue weighted by molar-refractivity contribution is -0.122. The van der Waals surface area contributed by atoms with Crippen LogP contribution in [0.25, 0.3) is 0 Å². The van der Waals surface area contributed by atoms with Gasteiger partial charge < -0.3 is 20.9 Å². The van der Waals surface area contributed by atoms with Gasteiger partial charge >= 0.3 is 0 Å². The van der Waals surface area contributed by atoms with E-state index in [0.29, 0.717) is 25.2 Å². The number of carbonyl (C=O) groups excluding carboxylic acids is 2. The maximum atomic E-state index is 12.9. The van der Waals surface area contributed by atoms with Crippen LogP contribution in [-0.4, -0.2) is 28.9 Å². The third-order valence-electron chi connectivity index (χ3n) is 5.89. The van der Waals surface area contributed by atoms with Gasteiger partial charge in [0.05, 0.1) is 12.1 Å². The van der Waals surface area contributed by atoms with Crippen LogP contribution in [0.3, 0.4) is 0 Å². The second-order valence-corrected chi connectivity index (χ2v) is 8.40. The second kappa shape index (κ2) is 10.8. The molecule has 1 heterocycles. The molecule has 0 saturated heterocycles. The molecule has 4 N–H and O–H groups in total. The molecule has 3 aromatic rings. The Bertz CT molecular complexity index is 1160. The van der Waals surface area contributed by atoms with E-state index >= 15 is 0 Å². The van der Waals surface area contributed by atoms with Crippen molar-refractivity contribution in [2.75, 3.05) is 0 Å². The largest absolute Gasteiger partial charge is 0.509 e. The number of benzene rings is 3. The van der Waals surface area contributed by atoms with Crippen LogP contribution in [-0.2, 0) is 29.0 Å². The molecule has 174 valence electrons. The van der Waals surface area contributed by atoms with Gasteiger partial charge in [0.25, 0.3) is 5.91 Å². The first-order chi connectivity index (χ1) is 16.5. The predicted octanol–water partition coefficient (Wildman–Crippen LogP) is 3.65. The summed E-state index contributed by atoms with van der Waals surface area (Å²) in [5.41, 5.74) is 8.91. The van der Waals surface area contributed by atoms with Crippen molar-refractivity contribution in [2.24, 2.45) is 5.73 Å². The first-order valence-corrected chi connectivity index (χ1v) is 11.3. The Kier molecular flexibility index (Phi) is 7.40. The van der Waals surface area contributed by atoms with Crippen LogP contribution < -0.4 is 15.8 Å². The van der Waals surface area contributed by atoms with Gasteiger partial charge in [-0.05, 0) is 48.1 Å². The van der Waals surface area contributed by atoms with Crippen LogP contribution in [0.15, 0.2) is 96.3 Å². The van der Waals surface area contributed by atoms with Crippen molar-refractivity contribution in [2.45, 2.75) is 38.0 Å². The van der Waals surface area contributed by atoms with Crippen LogP contribution >= 0.6 is 0 Å². The minimum absolute atomic E-state index is 0.217. The highest BCUT2D eigenvalue weighted by atomic mass is 16.5. The zero-order chi connectivity index (χ0) is 23.9. The van der Waals surface area contributed by atoms with Crippen molar-refractivity contribution in [1.29, 1.82) is 0 Å². The number of Topliss-reactive ketones (excluding diaryl/α,β-unsaturated/α-hetero) is 1. The molecule has 0 bridgehead atoms. The molecule has 0 fully saturated rings. The zero-order valence-electron chi connectivity index (χ0n) is 18.8. The molecule has 2 unspecified atom stereocenters. The molecule has 0 saturated carbocycles. The fraction of sp³-hybridized carbons (Fsp3) is 0.214. The number of hydrogen-bond donors (Lipinski definition) is 3. The Balaban J connectivity index is 1.34. The minimum atomic E-state index is -0.938. The summed E-state index contributed by atoms with van der Waals surface area (Å²) in [5.74, 6) is -0.627. The number of aliphatic hydroxyl groups excluding tert-OH is 1. The highest BCUT2D eigenvalue weighted by Gasteiger charge is 2.37. The second-order valence-electron chi connectivity index (χ2n) is 8.40. The molecule has 0 spiro atoms. The summed E-state index contributed by atoms with van der Waals surface area (Å²) in [6.07, 6.45) is 1.41. The maximum absolute atomic E-state index is 12.9. The summed E-state index contributed by atoms with van der Waals surface area (Å²) in [6, 6.07) is 25.5. The molecular weight excluding hydrogens is 428 g/mol. The predicted molar refractivity (Wildman–Crippen MR) is 130 cm³/mol. The molecule has 6 nitrogen and oxygen atoms in total. The highest BCUT2D eigenvalue weighted by molar-refractivity contribution is 6.23. The Hall–Kier alpha value is -3.90. The maximum Gasteiger partial charge on any atom is 0.259 e. The Labute approximate surface area is 199 Å². The van der Waals surface area contributed by atoms with Crippen LogP contribution in [0.1, 0.15) is 23.1 Å². The molecule has 1 aliphatic heterocycles. The summed E-state index contributed by atoms with van der Waals surface area (Å²) in [4.78, 5) is 25.3. The average molecular weight is 457 g/mol. The van der Waals surface area contributed by atoms with E-state index in [1.807, 2.05) is 84.9 Å². The van der Waals surface area contributed by atoms with Crippen LogP contribution in [0, 0.1) is 0 Å². The summed E-state index contributed by atoms with van der Waals surface area (Å²) in [6.45, 7) is 0.464. The summed E-state index contributed by atoms with van der Waals surface area (Å²) in [5, 5.41) is 13.3. The third-order valence-corrected chi connectivity index (χ3v) is 5.89. The molecule has 2 atom stereocenters. The topological polar surface area (TPSA) is 102 Å². The molecule has 1 aliphatic rings. The fourth-order valence-electron chi connectivity index (χ4n) is 3.99. The smallest absolute Gasteiger partial charge is 0.259 e. The van der Waals surface area contributed by atoms with E-state index in [9.17, 15) is 14.7 Å². The summed E-state index contributed by atoms with van der Waals surface area (Å²) < 4.78 is 5.78. The normalized spacial score (nSPS) is 16.3. The number of hydrogen-bond acceptors (Lipinski definition) is 5. The van der Waals surface area contributed by atoms with Gasteiger partial charge in [0, 0.05) is 0 Å². The van der Waals surface area contributed by atoms with Crippen molar-refractivity contribution in [1.82, 2.24) is 5.32 Å². The van der Waals surface area contributed by atoms with Gasteiger partial charge in [0.1, 0.15) is 23.7 Å². The van der Waals surface area contributed by atoms with Crippen LogP contribution in [0.5, 0.6) is 5.75 Å². The zero-order valence-corrected chi connectivity index (χ0v) is 18.8. The summed E-state index contributed by atoms with van der Waals surface area (Å²) in [7, 11) is 0. The van der Waals surface area contributed by atoms with Crippen LogP contribution in [0.2, 0.25) is 0 Å². The lowest BCUT2D eigenvalue weighted by Crippen LogP contribution is -2.37. The van der Waals surface area contributed by atoms with Gasteiger partial charge in [-0.1, -0.05) is 72.8 Å². The molecule has 0 aromatic heterocycles. The fourth-order valence-corrected chi connectivity index (χ4v) is 3.99. The van der Waals surface area contributed by atoms with Crippen molar-refractivity contribution in [3.05, 3.63) is 113 Å². The van der Waals surface area contributed by atoms with Gasteiger partial charge in [0.2, 0.25) is 0 Å². The number of ether oxygens (including phenoxy) is 1. The number of rotatable bonds is 10. The SMILES string of the molecule is NC(Cc1ccc(OCc2ccccc2)cc1)C(=O)C1=C(O)C(CCc2ccccc2)NC1=O. The van der Waals surface area contributed by atoms with E-state index in [1.165, 1.54) is 0 Å². The van der Waals surface area contributed by atoms with Crippen molar-refractivity contribution in [3.8, 4) is 5.75 Å². The molecule has 3 aromatic carbocycles. The van der Waals surface area contributed by atoms with Crippen molar-refractivity contribution in [3.63, 3.8) is 0 Å². The first kappa shape index (κ1) is 23.3. The number of nitrogens with two attached hydrogens (primary N) is 1. The van der Waals surface area contributed by atoms with Gasteiger partial charge in [-0.15, -0.1) is 0 Å². The minimum Gasteiger partial charge on any atom is -0.509 e. The summed E-state index contributed by atoms with van der Waals surface area (Å²) >= 11 is 0. The van der Waals surface area contributed by atoms with Gasteiger partial charge in [-0.2, -0.15) is 0 Å². The van der Waals surface area contributed by atoms with Gasteiger partial charge in [-0.3, -0.25) is 9.59 Å². The van der Waals surface area contributed by atoms with E-state index in [4.69, 9.17) is 10.5 Å². The van der Waals surface area contributed by atoms with E-state index in [-0.39, 0.29) is 17.8 Å². The van der Waals surface area contributed by atoms with E-state index in [2.05, 4.69) is 5.32 Å². The molecule has 6 heteroatoms. The van der Waals surface area contributed by atoms with E-state index in [1.54, 1.807) is 0 Å². The van der Waals surface area contributed by atoms with E-state index < -0.39 is 23.8 Å². The lowest BCUT2D eigenvalue weighted by Gasteiger charge is -2.12. The van der Waals surface area contributed by atoms with Gasteiger partial charge in [0.15, 0.2) is 5.78 Å². The lowest BCUT2D eigenvalue weighted by atomic mass is 9.96. The quantitative estimate of drug-likeness (QED) is 0.404. The number of carbonyl (C=O) groups is 2. The first-order valence-electron chi connectivity index (χ1n) is 11.3. The Morgan fingerprint density at radius 3 is 2.18 bits per heavy atom. The average Bonchev–Trinajstić information content (AvgIpc) is 3.15. The monoisotopic (exact) mass is 456 g/mol. The standard InChI is InChI=1S/C28H28N2O4/c29-23(17-20-11-14-22(15-12-20)34-18-21-9-5-2-6-10-21)26(31)25-27(32)24(30-28(25)33)16-13-19-7-3-1-4-8-19/h1-12,14-15,23-24,32H,13,16-18,29H2,(H,30,33). The van der Waals surface area contributed by atoms with Gasteiger partial charge in [-0.25, -0.2) is 0 Å². The molecule has 1 amide bonds. The number of nitrogens with one attached hydrogen (secondary N) is 1. The van der Waals surface area contributed by atoms with Crippen molar-refractivity contribution >= 4 is 11.7 Å². The number of ketones is 1. The van der Waals surface area contributed by atoms with Crippen molar-refractivity contribution < 1.29 is 19.4 Å². The molecule has 0 aliphatic carbocycles. The number of amides is 1. The van der Waals surface area contributed by atoms with E-state index in [0.717, 1.165) is 16.7 Å². The molecule has 4 rings (SSSR count). The third kappa shape index (κ3) is 5.71. The van der Waals surface area contributed by atoms with Crippen LogP contribution in [0.4, 0.5) is 0 Å². The number of aryl methyl sites for hydroxylation is 1. The molecule has 0 radical (unpaired) electrons. The Morgan fingerprint density at radius 1 is 0.912 bits per heavy atom. The highest BCUT2D eigenvalue weighted by Crippen LogP contribution is 2.22. The molecule has 34 heavy (non-hydrogen) atoms. The Morgan fingerprint density at radius 2 is 1.53 bits per heavy atom. The molecular formula is C28H28N2O4. The number of aliphatic hydroxyl groups is 1.